The summed E-state index contributed by atoms with van der Waals surface area (Å²) in [6.07, 6.45) is 3.90. The topological polar surface area (TPSA) is 88.3 Å². The highest BCUT2D eigenvalue weighted by Crippen LogP contribution is 2.28. The number of piperidine rings is 1. The lowest BCUT2D eigenvalue weighted by Gasteiger charge is -2.42. The Balaban J connectivity index is 1.73. The minimum absolute atomic E-state index is 0.0394. The molecule has 1 unspecified atom stereocenters. The van der Waals surface area contributed by atoms with Gasteiger partial charge in [0.1, 0.15) is 0 Å². The van der Waals surface area contributed by atoms with Crippen molar-refractivity contribution in [2.75, 3.05) is 18.4 Å². The Kier molecular flexibility index (Phi) is 5.04. The molecule has 1 fully saturated rings. The summed E-state index contributed by atoms with van der Waals surface area (Å²) in [5.74, 6) is -0.296. The molecule has 0 aliphatic carbocycles. The minimum atomic E-state index is -0.257. The van der Waals surface area contributed by atoms with Gasteiger partial charge in [0, 0.05) is 42.8 Å². The van der Waals surface area contributed by atoms with Gasteiger partial charge in [0.05, 0.1) is 5.56 Å². The first-order valence-corrected chi connectivity index (χ1v) is 8.73. The summed E-state index contributed by atoms with van der Waals surface area (Å²) in [4.78, 5) is 30.9. The molecule has 3 N–H and O–H groups in total. The molecule has 6 nitrogen and oxygen atoms in total. The highest BCUT2D eigenvalue weighted by atomic mass is 16.2. The van der Waals surface area contributed by atoms with Crippen molar-refractivity contribution in [1.29, 1.82) is 0 Å². The van der Waals surface area contributed by atoms with E-state index in [-0.39, 0.29) is 23.3 Å². The van der Waals surface area contributed by atoms with E-state index in [1.54, 1.807) is 42.6 Å². The van der Waals surface area contributed by atoms with Crippen LogP contribution in [0.25, 0.3) is 0 Å². The monoisotopic (exact) mass is 352 g/mol. The van der Waals surface area contributed by atoms with E-state index in [0.717, 1.165) is 6.42 Å². The molecular formula is C20H24N4O2. The van der Waals surface area contributed by atoms with Crippen LogP contribution in [0.1, 0.15) is 41.0 Å². The van der Waals surface area contributed by atoms with E-state index in [9.17, 15) is 9.59 Å². The second-order valence-electron chi connectivity index (χ2n) is 7.39. The number of hydrogen-bond acceptors (Lipinski definition) is 4. The van der Waals surface area contributed by atoms with Crippen molar-refractivity contribution < 1.29 is 9.59 Å². The molecular weight excluding hydrogens is 328 g/mol. The molecule has 0 spiro atoms. The quantitative estimate of drug-likeness (QED) is 0.888. The van der Waals surface area contributed by atoms with E-state index in [1.165, 1.54) is 6.20 Å². The average Bonchev–Trinajstić information content (AvgIpc) is 2.64. The highest BCUT2D eigenvalue weighted by Gasteiger charge is 2.35. The van der Waals surface area contributed by atoms with Gasteiger partial charge in [0.2, 0.25) is 0 Å². The molecule has 2 heterocycles. The van der Waals surface area contributed by atoms with Crippen molar-refractivity contribution in [3.63, 3.8) is 0 Å². The summed E-state index contributed by atoms with van der Waals surface area (Å²) in [7, 11) is 0. The van der Waals surface area contributed by atoms with Crippen LogP contribution in [0.4, 0.5) is 5.69 Å². The standard InChI is InChI=1S/C20H24N4O2/c1-20(2)13-24(10-8-17(20)21)19(26)14-5-3-7-16(11-14)23-18(25)15-6-4-9-22-12-15/h3-7,9,11-12,17H,8,10,13,21H2,1-2H3,(H,23,25). The summed E-state index contributed by atoms with van der Waals surface area (Å²) in [5, 5.41) is 2.81. The lowest BCUT2D eigenvalue weighted by molar-refractivity contribution is 0.0533. The maximum atomic E-state index is 12.9. The molecule has 6 heteroatoms. The van der Waals surface area contributed by atoms with Crippen LogP contribution >= 0.6 is 0 Å². The van der Waals surface area contributed by atoms with E-state index in [2.05, 4.69) is 24.1 Å². The van der Waals surface area contributed by atoms with E-state index < -0.39 is 0 Å². The molecule has 0 saturated carbocycles. The molecule has 136 valence electrons. The molecule has 26 heavy (non-hydrogen) atoms. The molecule has 0 radical (unpaired) electrons. The van der Waals surface area contributed by atoms with E-state index in [4.69, 9.17) is 5.73 Å². The molecule has 1 aromatic heterocycles. The van der Waals surface area contributed by atoms with E-state index in [0.29, 0.717) is 29.9 Å². The van der Waals surface area contributed by atoms with Gasteiger partial charge in [-0.3, -0.25) is 14.6 Å². The molecule has 0 bridgehead atoms. The number of pyridine rings is 1. The molecule has 1 aromatic carbocycles. The predicted molar refractivity (Wildman–Crippen MR) is 101 cm³/mol. The zero-order chi connectivity index (χ0) is 18.7. The third kappa shape index (κ3) is 3.91. The van der Waals surface area contributed by atoms with E-state index in [1.807, 2.05) is 4.90 Å². The molecule has 3 rings (SSSR count). The zero-order valence-electron chi connectivity index (χ0n) is 15.1. The van der Waals surface area contributed by atoms with Gasteiger partial charge in [-0.1, -0.05) is 19.9 Å². The Bertz CT molecular complexity index is 804. The van der Waals surface area contributed by atoms with Gasteiger partial charge >= 0.3 is 0 Å². The number of carbonyl (C=O) groups is 2. The van der Waals surface area contributed by atoms with Crippen molar-refractivity contribution in [2.45, 2.75) is 26.3 Å². The Hall–Kier alpha value is -2.73. The summed E-state index contributed by atoms with van der Waals surface area (Å²) < 4.78 is 0. The van der Waals surface area contributed by atoms with Gasteiger partial charge in [-0.05, 0) is 42.2 Å². The van der Waals surface area contributed by atoms with Crippen molar-refractivity contribution in [3.05, 3.63) is 59.9 Å². The number of hydrogen-bond donors (Lipinski definition) is 2. The SMILES string of the molecule is CC1(C)CN(C(=O)c2cccc(NC(=O)c3cccnc3)c2)CCC1N. The number of anilines is 1. The first kappa shape index (κ1) is 18.1. The fourth-order valence-corrected chi connectivity index (χ4v) is 3.16. The molecule has 2 amide bonds. The van der Waals surface area contributed by atoms with Crippen LogP contribution < -0.4 is 11.1 Å². The van der Waals surface area contributed by atoms with Gasteiger partial charge in [-0.15, -0.1) is 0 Å². The Morgan fingerprint density at radius 1 is 1.23 bits per heavy atom. The van der Waals surface area contributed by atoms with Crippen molar-refractivity contribution in [1.82, 2.24) is 9.88 Å². The van der Waals surface area contributed by atoms with Crippen molar-refractivity contribution >= 4 is 17.5 Å². The van der Waals surface area contributed by atoms with Crippen LogP contribution in [0.3, 0.4) is 0 Å². The number of rotatable bonds is 3. The Morgan fingerprint density at radius 3 is 2.69 bits per heavy atom. The van der Waals surface area contributed by atoms with Crippen LogP contribution in [-0.4, -0.2) is 40.8 Å². The first-order chi connectivity index (χ1) is 12.4. The number of carbonyl (C=O) groups excluding carboxylic acids is 2. The lowest BCUT2D eigenvalue weighted by Crippen LogP contribution is -2.54. The molecule has 1 aliphatic rings. The van der Waals surface area contributed by atoms with Gasteiger partial charge in [0.15, 0.2) is 0 Å². The number of aromatic nitrogens is 1. The van der Waals surface area contributed by atoms with Gasteiger partial charge in [-0.25, -0.2) is 0 Å². The lowest BCUT2D eigenvalue weighted by atomic mass is 9.79. The van der Waals surface area contributed by atoms with Gasteiger partial charge in [-0.2, -0.15) is 0 Å². The molecule has 2 aromatic rings. The number of amides is 2. The second kappa shape index (κ2) is 7.25. The summed E-state index contributed by atoms with van der Waals surface area (Å²) in [6, 6.07) is 10.5. The minimum Gasteiger partial charge on any atom is -0.338 e. The molecule has 1 aliphatic heterocycles. The second-order valence-corrected chi connectivity index (χ2v) is 7.39. The molecule has 1 saturated heterocycles. The van der Waals surface area contributed by atoms with Crippen LogP contribution in [0.15, 0.2) is 48.8 Å². The maximum Gasteiger partial charge on any atom is 0.257 e. The van der Waals surface area contributed by atoms with E-state index >= 15 is 0 Å². The Labute approximate surface area is 153 Å². The van der Waals surface area contributed by atoms with Crippen molar-refractivity contribution in [2.24, 2.45) is 11.1 Å². The number of nitrogens with zero attached hydrogens (tertiary/aromatic N) is 2. The summed E-state index contributed by atoms with van der Waals surface area (Å²) >= 11 is 0. The van der Waals surface area contributed by atoms with Gasteiger partial charge in [0.25, 0.3) is 11.8 Å². The van der Waals surface area contributed by atoms with Gasteiger partial charge < -0.3 is 16.0 Å². The molecule has 1 atom stereocenters. The third-order valence-corrected chi connectivity index (χ3v) is 4.89. The van der Waals surface area contributed by atoms with Crippen LogP contribution in [0.2, 0.25) is 0 Å². The first-order valence-electron chi connectivity index (χ1n) is 8.73. The van der Waals surface area contributed by atoms with Crippen LogP contribution in [-0.2, 0) is 0 Å². The van der Waals surface area contributed by atoms with Crippen molar-refractivity contribution in [3.8, 4) is 0 Å². The third-order valence-electron chi connectivity index (χ3n) is 4.89. The fraction of sp³-hybridized carbons (Fsp3) is 0.350. The summed E-state index contributed by atoms with van der Waals surface area (Å²) in [6.45, 7) is 5.44. The number of benzene rings is 1. The smallest absolute Gasteiger partial charge is 0.257 e. The number of likely N-dealkylation sites (tertiary alicyclic amines) is 1. The predicted octanol–water partition coefficient (Wildman–Crippen LogP) is 2.53. The number of nitrogens with one attached hydrogen (secondary N) is 1. The fourth-order valence-electron chi connectivity index (χ4n) is 3.16. The van der Waals surface area contributed by atoms with Crippen LogP contribution in [0, 0.1) is 5.41 Å². The largest absolute Gasteiger partial charge is 0.338 e. The normalized spacial score (nSPS) is 19.0. The summed E-state index contributed by atoms with van der Waals surface area (Å²) in [5.41, 5.74) is 7.65. The zero-order valence-corrected chi connectivity index (χ0v) is 15.1. The maximum absolute atomic E-state index is 12.9. The highest BCUT2D eigenvalue weighted by molar-refractivity contribution is 6.04. The average molecular weight is 352 g/mol. The Morgan fingerprint density at radius 2 is 2.00 bits per heavy atom. The number of nitrogens with two attached hydrogens (primary N) is 1. The van der Waals surface area contributed by atoms with Crippen LogP contribution in [0.5, 0.6) is 0 Å².